The van der Waals surface area contributed by atoms with E-state index >= 15 is 0 Å². The van der Waals surface area contributed by atoms with Gasteiger partial charge in [-0.25, -0.2) is 8.42 Å². The fraction of sp³-hybridized carbons (Fsp3) is 0.700. The van der Waals surface area contributed by atoms with Crippen LogP contribution in [0.3, 0.4) is 0 Å². The number of carbonyl (C=O) groups is 1. The highest BCUT2D eigenvalue weighted by molar-refractivity contribution is 7.99. The molecule has 19 heavy (non-hydrogen) atoms. The van der Waals surface area contributed by atoms with Crippen molar-refractivity contribution in [3.63, 3.8) is 0 Å². The van der Waals surface area contributed by atoms with Gasteiger partial charge in [-0.15, -0.1) is 10.2 Å². The number of rotatable bonds is 4. The number of aliphatic carboxylic acids is 1. The second kappa shape index (κ2) is 5.49. The first-order valence-electron chi connectivity index (χ1n) is 5.87. The number of nitrogens with zero attached hydrogens (tertiary/aromatic N) is 3. The van der Waals surface area contributed by atoms with E-state index in [1.165, 1.54) is 0 Å². The van der Waals surface area contributed by atoms with E-state index in [-0.39, 0.29) is 11.5 Å². The summed E-state index contributed by atoms with van der Waals surface area (Å²) in [5.74, 6) is -0.474. The Bertz CT molecular complexity index is 582. The standard InChI is InChI=1S/C10H15N3O4S2/c1-13-9(7-4-2-3-5-19(7,16)17)11-12-10(13)18-6-8(14)15/h7H,2-6H2,1H3,(H,14,15). The molecule has 0 bridgehead atoms. The summed E-state index contributed by atoms with van der Waals surface area (Å²) < 4.78 is 25.6. The van der Waals surface area contributed by atoms with Crippen LogP contribution in [-0.2, 0) is 21.7 Å². The van der Waals surface area contributed by atoms with Crippen molar-refractivity contribution in [1.29, 1.82) is 0 Å². The highest BCUT2D eigenvalue weighted by atomic mass is 32.2. The van der Waals surface area contributed by atoms with Crippen molar-refractivity contribution in [3.05, 3.63) is 5.82 Å². The summed E-state index contributed by atoms with van der Waals surface area (Å²) in [5, 5.41) is 16.3. The SMILES string of the molecule is Cn1c(SCC(=O)O)nnc1C1CCCCS1(=O)=O. The van der Waals surface area contributed by atoms with Gasteiger partial charge in [0.25, 0.3) is 0 Å². The maximum Gasteiger partial charge on any atom is 0.313 e. The third-order valence-electron chi connectivity index (χ3n) is 3.06. The molecule has 1 fully saturated rings. The van der Waals surface area contributed by atoms with Crippen LogP contribution in [0.25, 0.3) is 0 Å². The van der Waals surface area contributed by atoms with E-state index in [4.69, 9.17) is 5.11 Å². The average Bonchev–Trinajstić information content (AvgIpc) is 2.68. The summed E-state index contributed by atoms with van der Waals surface area (Å²) in [7, 11) is -1.50. The Morgan fingerprint density at radius 2 is 2.21 bits per heavy atom. The molecule has 1 N–H and O–H groups in total. The summed E-state index contributed by atoms with van der Waals surface area (Å²) in [6.45, 7) is 0. The largest absolute Gasteiger partial charge is 0.481 e. The topological polar surface area (TPSA) is 102 Å². The smallest absolute Gasteiger partial charge is 0.313 e. The third-order valence-corrected chi connectivity index (χ3v) is 6.24. The zero-order valence-corrected chi connectivity index (χ0v) is 12.1. The van der Waals surface area contributed by atoms with Crippen LogP contribution in [0, 0.1) is 0 Å². The molecule has 0 radical (unpaired) electrons. The van der Waals surface area contributed by atoms with Crippen LogP contribution >= 0.6 is 11.8 Å². The maximum atomic E-state index is 12.0. The van der Waals surface area contributed by atoms with Crippen molar-refractivity contribution in [3.8, 4) is 0 Å². The Labute approximate surface area is 115 Å². The van der Waals surface area contributed by atoms with E-state index in [9.17, 15) is 13.2 Å². The second-order valence-electron chi connectivity index (χ2n) is 4.43. The van der Waals surface area contributed by atoms with E-state index in [2.05, 4.69) is 10.2 Å². The fourth-order valence-electron chi connectivity index (χ4n) is 2.10. The summed E-state index contributed by atoms with van der Waals surface area (Å²) in [4.78, 5) is 10.5. The van der Waals surface area contributed by atoms with E-state index in [1.54, 1.807) is 11.6 Å². The number of carboxylic acid groups (broad SMARTS) is 1. The molecular formula is C10H15N3O4S2. The second-order valence-corrected chi connectivity index (χ2v) is 7.68. The minimum absolute atomic E-state index is 0.122. The van der Waals surface area contributed by atoms with E-state index in [1.807, 2.05) is 0 Å². The van der Waals surface area contributed by atoms with Crippen molar-refractivity contribution in [2.45, 2.75) is 29.7 Å². The molecule has 2 heterocycles. The van der Waals surface area contributed by atoms with Crippen molar-refractivity contribution in [2.24, 2.45) is 7.05 Å². The van der Waals surface area contributed by atoms with Crippen LogP contribution in [0.2, 0.25) is 0 Å². The Morgan fingerprint density at radius 3 is 2.84 bits per heavy atom. The first-order valence-corrected chi connectivity index (χ1v) is 8.57. The normalized spacial score (nSPS) is 22.3. The van der Waals surface area contributed by atoms with Gasteiger partial charge in [0.15, 0.2) is 20.8 Å². The van der Waals surface area contributed by atoms with E-state index in [0.717, 1.165) is 18.2 Å². The van der Waals surface area contributed by atoms with E-state index in [0.29, 0.717) is 23.8 Å². The molecule has 0 aromatic carbocycles. The molecule has 2 rings (SSSR count). The van der Waals surface area contributed by atoms with Gasteiger partial charge >= 0.3 is 5.97 Å². The molecule has 1 aliphatic heterocycles. The molecule has 0 aliphatic carbocycles. The van der Waals surface area contributed by atoms with Gasteiger partial charge in [-0.1, -0.05) is 18.2 Å². The number of thioether (sulfide) groups is 1. The van der Waals surface area contributed by atoms with Crippen LogP contribution in [0.15, 0.2) is 5.16 Å². The molecule has 1 atom stereocenters. The van der Waals surface area contributed by atoms with Gasteiger partial charge < -0.3 is 9.67 Å². The number of carboxylic acids is 1. The number of hydrogen-bond donors (Lipinski definition) is 1. The van der Waals surface area contributed by atoms with E-state index < -0.39 is 21.1 Å². The lowest BCUT2D eigenvalue weighted by Gasteiger charge is -2.21. The molecule has 0 amide bonds. The molecule has 0 saturated carbocycles. The van der Waals surface area contributed by atoms with Gasteiger partial charge in [-0.3, -0.25) is 4.79 Å². The first-order chi connectivity index (χ1) is 8.92. The molecule has 1 saturated heterocycles. The zero-order chi connectivity index (χ0) is 14.0. The maximum absolute atomic E-state index is 12.0. The first kappa shape index (κ1) is 14.3. The molecule has 0 spiro atoms. The highest BCUT2D eigenvalue weighted by Crippen LogP contribution is 2.33. The molecule has 9 heteroatoms. The average molecular weight is 305 g/mol. The predicted molar refractivity (Wildman–Crippen MR) is 69.7 cm³/mol. The molecule has 7 nitrogen and oxygen atoms in total. The lowest BCUT2D eigenvalue weighted by Crippen LogP contribution is -2.24. The van der Waals surface area contributed by atoms with Gasteiger partial charge in [0.2, 0.25) is 0 Å². The van der Waals surface area contributed by atoms with Crippen LogP contribution in [0.4, 0.5) is 0 Å². The Kier molecular flexibility index (Phi) is 4.14. The summed E-state index contributed by atoms with van der Waals surface area (Å²) >= 11 is 1.04. The number of aromatic nitrogens is 3. The van der Waals surface area contributed by atoms with Gasteiger partial charge in [-0.05, 0) is 12.8 Å². The van der Waals surface area contributed by atoms with Crippen molar-refractivity contribution in [1.82, 2.24) is 14.8 Å². The van der Waals surface area contributed by atoms with Gasteiger partial charge in [0.05, 0.1) is 11.5 Å². The summed E-state index contributed by atoms with van der Waals surface area (Å²) in [6, 6.07) is 0. The highest BCUT2D eigenvalue weighted by Gasteiger charge is 2.34. The molecule has 1 unspecified atom stereocenters. The predicted octanol–water partition coefficient (Wildman–Crippen LogP) is 0.632. The minimum Gasteiger partial charge on any atom is -0.481 e. The molecule has 1 aliphatic rings. The lowest BCUT2D eigenvalue weighted by atomic mass is 10.2. The van der Waals surface area contributed by atoms with Crippen LogP contribution in [0.5, 0.6) is 0 Å². The number of hydrogen-bond acceptors (Lipinski definition) is 6. The Balaban J connectivity index is 2.23. The van der Waals surface area contributed by atoms with Crippen LogP contribution in [0.1, 0.15) is 30.3 Å². The van der Waals surface area contributed by atoms with Crippen molar-refractivity contribution in [2.75, 3.05) is 11.5 Å². The Morgan fingerprint density at radius 1 is 1.47 bits per heavy atom. The van der Waals surface area contributed by atoms with Gasteiger partial charge in [0.1, 0.15) is 5.25 Å². The van der Waals surface area contributed by atoms with Crippen molar-refractivity contribution < 1.29 is 18.3 Å². The molecule has 1 aromatic heterocycles. The lowest BCUT2D eigenvalue weighted by molar-refractivity contribution is -0.133. The molecule has 1 aromatic rings. The third kappa shape index (κ3) is 3.08. The molecule has 106 valence electrons. The quantitative estimate of drug-likeness (QED) is 0.814. The minimum atomic E-state index is -3.17. The monoisotopic (exact) mass is 305 g/mol. The molecular weight excluding hydrogens is 290 g/mol. The number of sulfone groups is 1. The summed E-state index contributed by atoms with van der Waals surface area (Å²) in [5.41, 5.74) is 0. The van der Waals surface area contributed by atoms with Crippen LogP contribution < -0.4 is 0 Å². The van der Waals surface area contributed by atoms with Gasteiger partial charge in [-0.2, -0.15) is 0 Å². The zero-order valence-electron chi connectivity index (χ0n) is 10.4. The van der Waals surface area contributed by atoms with Crippen molar-refractivity contribution >= 4 is 27.6 Å². The van der Waals surface area contributed by atoms with Crippen LogP contribution in [-0.4, -0.2) is 45.8 Å². The summed E-state index contributed by atoms with van der Waals surface area (Å²) in [6.07, 6.45) is 2.10. The van der Waals surface area contributed by atoms with Gasteiger partial charge in [0, 0.05) is 7.05 Å². The Hall–Kier alpha value is -1.09. The fourth-order valence-corrected chi connectivity index (χ4v) is 4.68.